The highest BCUT2D eigenvalue weighted by Gasteiger charge is 2.25. The normalized spacial score (nSPS) is 11.4. The number of hydrogen-bond donors (Lipinski definition) is 0. The Morgan fingerprint density at radius 1 is 0.900 bits per heavy atom. The van der Waals surface area contributed by atoms with Gasteiger partial charge in [-0.15, -0.1) is 0 Å². The number of hydrogen-bond acceptors (Lipinski definition) is 2. The lowest BCUT2D eigenvalue weighted by Gasteiger charge is -2.19. The van der Waals surface area contributed by atoms with E-state index in [1.54, 1.807) is 0 Å². The summed E-state index contributed by atoms with van der Waals surface area (Å²) in [6.07, 6.45) is 0. The van der Waals surface area contributed by atoms with Crippen molar-refractivity contribution in [1.29, 1.82) is 0 Å². The van der Waals surface area contributed by atoms with E-state index in [1.165, 1.54) is 12.1 Å². The molecule has 7 heteroatoms. The second-order valence-corrected chi connectivity index (χ2v) is 5.94. The maximum absolute atomic E-state index is 13.6. The van der Waals surface area contributed by atoms with Gasteiger partial charge in [-0.3, -0.25) is 4.31 Å². The lowest BCUT2D eigenvalue weighted by molar-refractivity contribution is 0.508. The fourth-order valence-corrected chi connectivity index (χ4v) is 2.87. The summed E-state index contributed by atoms with van der Waals surface area (Å²) in [7, 11) is -3.05. The maximum atomic E-state index is 13.6. The highest BCUT2D eigenvalue weighted by molar-refractivity contribution is 7.92. The third-order valence-electron chi connectivity index (χ3n) is 2.74. The van der Waals surface area contributed by atoms with Crippen LogP contribution in [0.5, 0.6) is 0 Å². The van der Waals surface area contributed by atoms with Gasteiger partial charge in [0.15, 0.2) is 11.6 Å². The summed E-state index contributed by atoms with van der Waals surface area (Å²) in [5.74, 6) is -3.19. The van der Waals surface area contributed by atoms with Crippen LogP contribution in [0.15, 0.2) is 47.4 Å². The third kappa shape index (κ3) is 2.49. The van der Waals surface area contributed by atoms with E-state index in [-0.39, 0.29) is 5.69 Å². The molecule has 0 amide bonds. The van der Waals surface area contributed by atoms with Crippen LogP contribution in [0.3, 0.4) is 0 Å². The molecule has 20 heavy (non-hydrogen) atoms. The minimum Gasteiger partial charge on any atom is -0.269 e. The zero-order valence-corrected chi connectivity index (χ0v) is 11.2. The first-order valence-electron chi connectivity index (χ1n) is 5.52. The first kappa shape index (κ1) is 14.4. The molecular weight excluding hydrogens is 291 g/mol. The second kappa shape index (κ2) is 5.16. The van der Waals surface area contributed by atoms with Gasteiger partial charge in [-0.25, -0.2) is 21.6 Å². The van der Waals surface area contributed by atoms with Gasteiger partial charge in [0.2, 0.25) is 0 Å². The number of sulfonamides is 1. The van der Waals surface area contributed by atoms with Gasteiger partial charge in [0.05, 0.1) is 5.69 Å². The molecule has 0 atom stereocenters. The number of rotatable bonds is 3. The molecule has 0 N–H and O–H groups in total. The summed E-state index contributed by atoms with van der Waals surface area (Å²) in [6, 6.07) is 7.45. The molecule has 0 spiro atoms. The van der Waals surface area contributed by atoms with E-state index in [4.69, 9.17) is 0 Å². The Bertz CT molecular complexity index is 747. The summed E-state index contributed by atoms with van der Waals surface area (Å²) >= 11 is 0. The lowest BCUT2D eigenvalue weighted by atomic mass is 10.3. The summed E-state index contributed by atoms with van der Waals surface area (Å²) in [4.78, 5) is -0.535. The zero-order chi connectivity index (χ0) is 14.9. The van der Waals surface area contributed by atoms with Crippen molar-refractivity contribution in [2.75, 3.05) is 11.4 Å². The van der Waals surface area contributed by atoms with Gasteiger partial charge in [0.25, 0.3) is 10.0 Å². The number of anilines is 1. The van der Waals surface area contributed by atoms with E-state index in [2.05, 4.69) is 0 Å². The third-order valence-corrected chi connectivity index (χ3v) is 4.56. The zero-order valence-electron chi connectivity index (χ0n) is 10.3. The van der Waals surface area contributed by atoms with Crippen LogP contribution < -0.4 is 4.31 Å². The SMILES string of the molecule is CN(c1ccc(F)c(F)c1)S(=O)(=O)c1ccccc1F. The predicted octanol–water partition coefficient (Wildman–Crippen LogP) is 2.93. The van der Waals surface area contributed by atoms with Crippen LogP contribution in [0.25, 0.3) is 0 Å². The lowest BCUT2D eigenvalue weighted by Crippen LogP contribution is -2.27. The molecule has 2 rings (SSSR count). The predicted molar refractivity (Wildman–Crippen MR) is 68.3 cm³/mol. The fraction of sp³-hybridized carbons (Fsp3) is 0.0769. The Labute approximate surface area is 114 Å². The van der Waals surface area contributed by atoms with E-state index < -0.39 is 32.4 Å². The van der Waals surface area contributed by atoms with Crippen molar-refractivity contribution in [3.63, 3.8) is 0 Å². The molecule has 0 aromatic heterocycles. The Morgan fingerprint density at radius 2 is 1.55 bits per heavy atom. The molecule has 0 aliphatic heterocycles. The molecule has 0 unspecified atom stereocenters. The minimum atomic E-state index is -4.18. The van der Waals surface area contributed by atoms with Gasteiger partial charge in [-0.2, -0.15) is 0 Å². The first-order chi connectivity index (χ1) is 9.34. The summed E-state index contributed by atoms with van der Waals surface area (Å²) < 4.78 is 64.7. The van der Waals surface area contributed by atoms with Gasteiger partial charge in [0.1, 0.15) is 10.7 Å². The van der Waals surface area contributed by atoms with Gasteiger partial charge >= 0.3 is 0 Å². The van der Waals surface area contributed by atoms with Crippen LogP contribution in [0.2, 0.25) is 0 Å². The average molecular weight is 301 g/mol. The Kier molecular flexibility index (Phi) is 3.71. The van der Waals surface area contributed by atoms with Crippen LogP contribution in [0.4, 0.5) is 18.9 Å². The molecule has 0 saturated heterocycles. The minimum absolute atomic E-state index is 0.104. The van der Waals surface area contributed by atoms with Crippen LogP contribution in [-0.4, -0.2) is 15.5 Å². The number of benzene rings is 2. The quantitative estimate of drug-likeness (QED) is 0.874. The Balaban J connectivity index is 2.49. The second-order valence-electron chi connectivity index (χ2n) is 4.00. The van der Waals surface area contributed by atoms with Crippen molar-refractivity contribution in [3.05, 3.63) is 59.9 Å². The summed E-state index contributed by atoms with van der Waals surface area (Å²) in [5, 5.41) is 0. The largest absolute Gasteiger partial charge is 0.269 e. The van der Waals surface area contributed by atoms with Crippen LogP contribution >= 0.6 is 0 Å². The van der Waals surface area contributed by atoms with E-state index in [9.17, 15) is 21.6 Å². The van der Waals surface area contributed by atoms with Gasteiger partial charge < -0.3 is 0 Å². The van der Waals surface area contributed by atoms with E-state index >= 15 is 0 Å². The van der Waals surface area contributed by atoms with Crippen LogP contribution in [0, 0.1) is 17.5 Å². The van der Waals surface area contributed by atoms with Crippen molar-refractivity contribution >= 4 is 15.7 Å². The molecule has 0 heterocycles. The standard InChI is InChI=1S/C13H10F3NO2S/c1-17(9-6-7-10(14)12(16)8-9)20(18,19)13-5-3-2-4-11(13)15/h2-8H,1H3. The van der Waals surface area contributed by atoms with Crippen molar-refractivity contribution in [3.8, 4) is 0 Å². The fourth-order valence-electron chi connectivity index (χ4n) is 1.62. The van der Waals surface area contributed by atoms with Crippen molar-refractivity contribution in [2.45, 2.75) is 4.90 Å². The highest BCUT2D eigenvalue weighted by atomic mass is 32.2. The van der Waals surface area contributed by atoms with Crippen LogP contribution in [0.1, 0.15) is 0 Å². The van der Waals surface area contributed by atoms with Gasteiger partial charge in [-0.05, 0) is 24.3 Å². The molecule has 2 aromatic carbocycles. The van der Waals surface area contributed by atoms with Gasteiger partial charge in [0, 0.05) is 13.1 Å². The summed E-state index contributed by atoms with van der Waals surface area (Å²) in [6.45, 7) is 0. The molecule has 0 aliphatic carbocycles. The van der Waals surface area contributed by atoms with E-state index in [1.807, 2.05) is 0 Å². The van der Waals surface area contributed by atoms with Crippen molar-refractivity contribution in [2.24, 2.45) is 0 Å². The molecule has 0 bridgehead atoms. The Hall–Kier alpha value is -2.02. The molecular formula is C13H10F3NO2S. The first-order valence-corrected chi connectivity index (χ1v) is 6.96. The molecule has 0 aliphatic rings. The van der Waals surface area contributed by atoms with E-state index in [0.717, 1.165) is 37.4 Å². The molecule has 0 saturated carbocycles. The highest BCUT2D eigenvalue weighted by Crippen LogP contribution is 2.24. The van der Waals surface area contributed by atoms with Crippen molar-refractivity contribution in [1.82, 2.24) is 0 Å². The topological polar surface area (TPSA) is 37.4 Å². The molecule has 0 radical (unpaired) electrons. The monoisotopic (exact) mass is 301 g/mol. The smallest absolute Gasteiger partial charge is 0.266 e. The number of halogens is 3. The van der Waals surface area contributed by atoms with Crippen LogP contribution in [-0.2, 0) is 10.0 Å². The molecule has 106 valence electrons. The maximum Gasteiger partial charge on any atom is 0.266 e. The molecule has 0 fully saturated rings. The molecule has 3 nitrogen and oxygen atoms in total. The molecule has 2 aromatic rings. The summed E-state index contributed by atoms with van der Waals surface area (Å²) in [5.41, 5.74) is -0.104. The van der Waals surface area contributed by atoms with E-state index in [0.29, 0.717) is 4.31 Å². The van der Waals surface area contributed by atoms with Gasteiger partial charge in [-0.1, -0.05) is 12.1 Å². The van der Waals surface area contributed by atoms with Crippen molar-refractivity contribution < 1.29 is 21.6 Å². The number of nitrogens with zero attached hydrogens (tertiary/aromatic N) is 1. The Morgan fingerprint density at radius 3 is 2.15 bits per heavy atom. The average Bonchev–Trinajstić information content (AvgIpc) is 2.41.